The van der Waals surface area contributed by atoms with Gasteiger partial charge < -0.3 is 4.98 Å². The molecule has 0 unspecified atom stereocenters. The highest BCUT2D eigenvalue weighted by atomic mass is 32.1. The molecule has 0 spiro atoms. The largest absolute Gasteiger partial charge is 0.338 e. The zero-order valence-corrected chi connectivity index (χ0v) is 14.8. The Kier molecular flexibility index (Phi) is 3.44. The molecule has 0 aliphatic carbocycles. The molecule has 0 radical (unpaired) electrons. The number of thiazole rings is 1. The number of nitrogens with one attached hydrogen (secondary N) is 1. The van der Waals surface area contributed by atoms with Crippen molar-refractivity contribution in [2.45, 2.75) is 26.7 Å². The molecule has 0 saturated heterocycles. The fourth-order valence-electron chi connectivity index (χ4n) is 3.07. The van der Waals surface area contributed by atoms with Crippen LogP contribution < -0.4 is 5.56 Å². The SMILES string of the molecule is Cc1nc2cc(-c3[nH]c4c(C#N)cnn4c(=O)c3C(C)C)ccc2s1. The summed E-state index contributed by atoms with van der Waals surface area (Å²) in [5.74, 6) is 0.00533. The smallest absolute Gasteiger partial charge is 0.278 e. The predicted molar refractivity (Wildman–Crippen MR) is 98.0 cm³/mol. The van der Waals surface area contributed by atoms with Crippen molar-refractivity contribution in [2.24, 2.45) is 0 Å². The Morgan fingerprint density at radius 1 is 1.36 bits per heavy atom. The number of nitriles is 1. The van der Waals surface area contributed by atoms with Crippen molar-refractivity contribution in [2.75, 3.05) is 0 Å². The summed E-state index contributed by atoms with van der Waals surface area (Å²) in [5, 5.41) is 14.3. The van der Waals surface area contributed by atoms with Gasteiger partial charge in [-0.05, 0) is 25.0 Å². The highest BCUT2D eigenvalue weighted by molar-refractivity contribution is 7.18. The Morgan fingerprint density at radius 3 is 2.88 bits per heavy atom. The molecule has 0 aliphatic heterocycles. The van der Waals surface area contributed by atoms with Crippen molar-refractivity contribution in [3.8, 4) is 17.3 Å². The standard InChI is InChI=1S/C18H15N5OS/c1-9(2)15-16(11-4-5-14-13(6-11)21-10(3)25-14)22-17-12(7-19)8-20-23(17)18(15)24/h4-6,8-9,22H,1-3H3. The summed E-state index contributed by atoms with van der Waals surface area (Å²) in [6, 6.07) is 8.05. The number of aryl methyl sites for hydroxylation is 1. The van der Waals surface area contributed by atoms with Crippen LogP contribution in [0.1, 0.15) is 35.9 Å². The van der Waals surface area contributed by atoms with Gasteiger partial charge in [-0.15, -0.1) is 11.3 Å². The van der Waals surface area contributed by atoms with Gasteiger partial charge in [0.15, 0.2) is 5.65 Å². The molecule has 4 aromatic rings. The summed E-state index contributed by atoms with van der Waals surface area (Å²) in [4.78, 5) is 20.7. The molecule has 1 aromatic carbocycles. The van der Waals surface area contributed by atoms with E-state index in [1.54, 1.807) is 11.3 Å². The second-order valence-electron chi connectivity index (χ2n) is 6.22. The molecule has 0 amide bonds. The van der Waals surface area contributed by atoms with E-state index in [4.69, 9.17) is 0 Å². The molecule has 1 N–H and O–H groups in total. The van der Waals surface area contributed by atoms with Gasteiger partial charge >= 0.3 is 0 Å². The van der Waals surface area contributed by atoms with Gasteiger partial charge in [0.05, 0.1) is 27.1 Å². The topological polar surface area (TPSA) is 86.8 Å². The first kappa shape index (κ1) is 15.5. The van der Waals surface area contributed by atoms with Gasteiger partial charge in [0.2, 0.25) is 0 Å². The number of hydrogen-bond donors (Lipinski definition) is 1. The molecule has 6 nitrogen and oxygen atoms in total. The minimum atomic E-state index is -0.199. The third-order valence-corrected chi connectivity index (χ3v) is 5.14. The Morgan fingerprint density at radius 2 is 2.16 bits per heavy atom. The lowest BCUT2D eigenvalue weighted by atomic mass is 9.98. The van der Waals surface area contributed by atoms with Crippen molar-refractivity contribution in [3.05, 3.63) is 50.9 Å². The van der Waals surface area contributed by atoms with Gasteiger partial charge in [-0.25, -0.2) is 4.98 Å². The van der Waals surface area contributed by atoms with Crippen LogP contribution in [-0.4, -0.2) is 19.6 Å². The lowest BCUT2D eigenvalue weighted by Crippen LogP contribution is -2.22. The third kappa shape index (κ3) is 2.34. The van der Waals surface area contributed by atoms with Crippen LogP contribution in [0.5, 0.6) is 0 Å². The maximum absolute atomic E-state index is 12.9. The molecule has 7 heteroatoms. The highest BCUT2D eigenvalue weighted by Gasteiger charge is 2.19. The van der Waals surface area contributed by atoms with E-state index in [0.717, 1.165) is 26.5 Å². The molecule has 0 atom stereocenters. The van der Waals surface area contributed by atoms with Crippen LogP contribution >= 0.6 is 11.3 Å². The van der Waals surface area contributed by atoms with Gasteiger partial charge in [0, 0.05) is 11.1 Å². The Balaban J connectivity index is 2.08. The quantitative estimate of drug-likeness (QED) is 0.599. The van der Waals surface area contributed by atoms with Gasteiger partial charge in [-0.3, -0.25) is 4.79 Å². The minimum Gasteiger partial charge on any atom is -0.338 e. The average molecular weight is 349 g/mol. The molecule has 0 fully saturated rings. The van der Waals surface area contributed by atoms with E-state index in [-0.39, 0.29) is 11.5 Å². The molecule has 0 saturated carbocycles. The number of aromatic nitrogens is 4. The zero-order chi connectivity index (χ0) is 17.7. The molecule has 3 heterocycles. The van der Waals surface area contributed by atoms with Crippen molar-refractivity contribution in [3.63, 3.8) is 0 Å². The number of H-pyrrole nitrogens is 1. The first-order valence-corrected chi connectivity index (χ1v) is 8.73. The fraction of sp³-hybridized carbons (Fsp3) is 0.222. The fourth-order valence-corrected chi connectivity index (χ4v) is 3.88. The lowest BCUT2D eigenvalue weighted by Gasteiger charge is -2.13. The lowest BCUT2D eigenvalue weighted by molar-refractivity contribution is 0.797. The van der Waals surface area contributed by atoms with Gasteiger partial charge in [0.1, 0.15) is 11.6 Å². The summed E-state index contributed by atoms with van der Waals surface area (Å²) >= 11 is 1.64. The van der Waals surface area contributed by atoms with E-state index in [0.29, 0.717) is 16.8 Å². The van der Waals surface area contributed by atoms with Crippen LogP contribution in [0.15, 0.2) is 29.2 Å². The van der Waals surface area contributed by atoms with Crippen LogP contribution in [0.4, 0.5) is 0 Å². The van der Waals surface area contributed by atoms with Crippen LogP contribution in [-0.2, 0) is 0 Å². The van der Waals surface area contributed by atoms with Gasteiger partial charge in [-0.2, -0.15) is 14.9 Å². The molecule has 124 valence electrons. The molecule has 3 aromatic heterocycles. The Hall–Kier alpha value is -2.98. The molecular formula is C18H15N5OS. The zero-order valence-electron chi connectivity index (χ0n) is 14.0. The highest BCUT2D eigenvalue weighted by Crippen LogP contribution is 2.30. The number of aromatic amines is 1. The van der Waals surface area contributed by atoms with E-state index >= 15 is 0 Å². The number of rotatable bonds is 2. The van der Waals surface area contributed by atoms with E-state index in [1.807, 2.05) is 39.0 Å². The van der Waals surface area contributed by atoms with E-state index in [2.05, 4.69) is 21.1 Å². The summed E-state index contributed by atoms with van der Waals surface area (Å²) in [5.41, 5.74) is 3.72. The normalized spacial score (nSPS) is 11.5. The second kappa shape index (κ2) is 5.53. The number of nitrogens with zero attached hydrogens (tertiary/aromatic N) is 4. The van der Waals surface area contributed by atoms with Crippen LogP contribution in [0, 0.1) is 18.3 Å². The van der Waals surface area contributed by atoms with Crippen molar-refractivity contribution in [1.82, 2.24) is 19.6 Å². The van der Waals surface area contributed by atoms with E-state index in [1.165, 1.54) is 10.7 Å². The van der Waals surface area contributed by atoms with Gasteiger partial charge in [-0.1, -0.05) is 19.9 Å². The number of benzene rings is 1. The number of fused-ring (bicyclic) bond motifs is 2. The Labute approximate surface area is 147 Å². The second-order valence-corrected chi connectivity index (χ2v) is 7.45. The summed E-state index contributed by atoms with van der Waals surface area (Å²) < 4.78 is 2.38. The summed E-state index contributed by atoms with van der Waals surface area (Å²) in [6.07, 6.45) is 1.41. The third-order valence-electron chi connectivity index (χ3n) is 4.19. The Bertz CT molecular complexity index is 1220. The van der Waals surface area contributed by atoms with Crippen molar-refractivity contribution < 1.29 is 0 Å². The van der Waals surface area contributed by atoms with Crippen LogP contribution in [0.3, 0.4) is 0 Å². The van der Waals surface area contributed by atoms with Gasteiger partial charge in [0.25, 0.3) is 5.56 Å². The molecular weight excluding hydrogens is 334 g/mol. The summed E-state index contributed by atoms with van der Waals surface area (Å²) in [7, 11) is 0. The first-order chi connectivity index (χ1) is 12.0. The maximum atomic E-state index is 12.9. The summed E-state index contributed by atoms with van der Waals surface area (Å²) in [6.45, 7) is 5.92. The van der Waals surface area contributed by atoms with E-state index in [9.17, 15) is 10.1 Å². The van der Waals surface area contributed by atoms with Crippen LogP contribution in [0.2, 0.25) is 0 Å². The molecule has 25 heavy (non-hydrogen) atoms. The van der Waals surface area contributed by atoms with Crippen molar-refractivity contribution in [1.29, 1.82) is 5.26 Å². The predicted octanol–water partition coefficient (Wildman–Crippen LogP) is 3.60. The molecule has 0 bridgehead atoms. The average Bonchev–Trinajstić information content (AvgIpc) is 3.15. The maximum Gasteiger partial charge on any atom is 0.278 e. The molecule has 0 aliphatic rings. The number of hydrogen-bond acceptors (Lipinski definition) is 5. The first-order valence-electron chi connectivity index (χ1n) is 7.91. The van der Waals surface area contributed by atoms with E-state index < -0.39 is 0 Å². The monoisotopic (exact) mass is 349 g/mol. The van der Waals surface area contributed by atoms with Crippen molar-refractivity contribution >= 4 is 27.2 Å². The molecule has 4 rings (SSSR count). The minimum absolute atomic E-state index is 0.00533. The van der Waals surface area contributed by atoms with Crippen LogP contribution in [0.25, 0.3) is 27.1 Å².